The van der Waals surface area contributed by atoms with Gasteiger partial charge in [0.05, 0.1) is 0 Å². The number of unbranched alkanes of at least 4 members (excludes halogenated alkanes) is 38. The average Bonchev–Trinajstić information content (AvgIpc) is 3.37. The van der Waals surface area contributed by atoms with E-state index in [0.717, 1.165) is 83.5 Å². The summed E-state index contributed by atoms with van der Waals surface area (Å²) in [5.74, 6) is -0.893. The number of rotatable bonds is 56. The van der Waals surface area contributed by atoms with Gasteiger partial charge in [0.25, 0.3) is 0 Å². The van der Waals surface area contributed by atoms with E-state index < -0.39 is 6.10 Å². The monoisotopic (exact) mass is 993 g/mol. The molecule has 1 atom stereocenters. The van der Waals surface area contributed by atoms with Gasteiger partial charge in [-0.15, -0.1) is 0 Å². The van der Waals surface area contributed by atoms with Crippen LogP contribution in [0.2, 0.25) is 0 Å². The van der Waals surface area contributed by atoms with Crippen molar-refractivity contribution in [1.82, 2.24) is 0 Å². The third-order valence-electron chi connectivity index (χ3n) is 13.6. The Balaban J connectivity index is 4.41. The number of carbonyl (C=O) groups is 3. The highest BCUT2D eigenvalue weighted by atomic mass is 16.6. The molecule has 0 aromatic rings. The van der Waals surface area contributed by atoms with E-state index in [1.54, 1.807) is 0 Å². The van der Waals surface area contributed by atoms with Crippen molar-refractivity contribution in [2.24, 2.45) is 0 Å². The minimum atomic E-state index is -0.788. The van der Waals surface area contributed by atoms with Gasteiger partial charge in [0.15, 0.2) is 6.10 Å². The standard InChI is InChI=1S/C65H116O6/c1-4-7-10-13-16-19-22-25-28-31-33-35-37-40-43-46-49-52-55-58-64(67)70-61-62(60-69-63(66)57-54-51-48-45-42-39-36-30-27-24-21-18-15-12-9-6-3)71-65(68)59-56-53-50-47-44-41-38-34-32-29-26-23-20-17-14-11-8-5-2/h17,20,23,26,29,31-34,38,62H,4-16,18-19,21-22,24-25,27-28,30,35-37,39-61H2,1-3H3/b20-17-,26-23-,32-29-,33-31-,38-34-. The Hall–Kier alpha value is -2.89. The van der Waals surface area contributed by atoms with Crippen LogP contribution in [-0.2, 0) is 28.6 Å². The molecular formula is C65H116O6. The van der Waals surface area contributed by atoms with Crippen LogP contribution in [0.5, 0.6) is 0 Å². The van der Waals surface area contributed by atoms with Gasteiger partial charge in [-0.25, -0.2) is 0 Å². The SMILES string of the molecule is CCCCC\C=C/C=C\C=C/C=C\CCCCCCCC(=O)OC(COC(=O)CCCCCCCCC/C=C\CCCCCCCCCC)COC(=O)CCCCCCCCCCCCCCCCCC. The molecule has 0 aromatic carbocycles. The van der Waals surface area contributed by atoms with Crippen LogP contribution in [0, 0.1) is 0 Å². The maximum atomic E-state index is 12.9. The van der Waals surface area contributed by atoms with Crippen LogP contribution in [0.1, 0.15) is 316 Å². The van der Waals surface area contributed by atoms with Crippen LogP contribution in [0.3, 0.4) is 0 Å². The van der Waals surface area contributed by atoms with Gasteiger partial charge in [0.2, 0.25) is 0 Å². The molecule has 0 fully saturated rings. The second-order valence-corrected chi connectivity index (χ2v) is 20.7. The van der Waals surface area contributed by atoms with E-state index in [-0.39, 0.29) is 31.1 Å². The zero-order valence-corrected chi connectivity index (χ0v) is 47.2. The van der Waals surface area contributed by atoms with Crippen molar-refractivity contribution in [2.45, 2.75) is 322 Å². The number of hydrogen-bond donors (Lipinski definition) is 0. The third kappa shape index (κ3) is 57.9. The minimum Gasteiger partial charge on any atom is -0.462 e. The van der Waals surface area contributed by atoms with Gasteiger partial charge >= 0.3 is 17.9 Å². The normalized spacial score (nSPS) is 12.4. The first kappa shape index (κ1) is 68.1. The van der Waals surface area contributed by atoms with Crippen molar-refractivity contribution in [2.75, 3.05) is 13.2 Å². The molecule has 0 saturated carbocycles. The summed E-state index contributed by atoms with van der Waals surface area (Å²) in [5.41, 5.74) is 0. The van der Waals surface area contributed by atoms with Crippen molar-refractivity contribution in [3.63, 3.8) is 0 Å². The van der Waals surface area contributed by atoms with Crippen LogP contribution in [0.4, 0.5) is 0 Å². The Kier molecular flexibility index (Phi) is 57.2. The highest BCUT2D eigenvalue weighted by Crippen LogP contribution is 2.16. The average molecular weight is 994 g/mol. The van der Waals surface area contributed by atoms with Gasteiger partial charge < -0.3 is 14.2 Å². The third-order valence-corrected chi connectivity index (χ3v) is 13.6. The molecule has 0 bridgehead atoms. The summed E-state index contributed by atoms with van der Waals surface area (Å²) in [4.78, 5) is 38.3. The van der Waals surface area contributed by atoms with E-state index in [0.29, 0.717) is 19.3 Å². The largest absolute Gasteiger partial charge is 0.462 e. The summed E-state index contributed by atoms with van der Waals surface area (Å²) in [6.45, 7) is 6.62. The van der Waals surface area contributed by atoms with E-state index in [2.05, 4.69) is 81.5 Å². The topological polar surface area (TPSA) is 78.9 Å². The molecule has 0 heterocycles. The molecule has 0 aliphatic carbocycles. The lowest BCUT2D eigenvalue weighted by atomic mass is 10.0. The zero-order valence-electron chi connectivity index (χ0n) is 47.2. The Morgan fingerprint density at radius 2 is 0.521 bits per heavy atom. The molecule has 0 radical (unpaired) electrons. The Morgan fingerprint density at radius 3 is 0.859 bits per heavy atom. The van der Waals surface area contributed by atoms with E-state index in [1.807, 2.05) is 0 Å². The Bertz CT molecular complexity index is 1280. The van der Waals surface area contributed by atoms with E-state index >= 15 is 0 Å². The highest BCUT2D eigenvalue weighted by molar-refractivity contribution is 5.71. The van der Waals surface area contributed by atoms with Gasteiger partial charge in [0, 0.05) is 19.3 Å². The first-order chi connectivity index (χ1) is 35.0. The molecule has 0 amide bonds. The predicted octanol–water partition coefficient (Wildman–Crippen LogP) is 20.8. The molecule has 0 rings (SSSR count). The number of carbonyl (C=O) groups excluding carboxylic acids is 3. The van der Waals surface area contributed by atoms with E-state index in [4.69, 9.17) is 14.2 Å². The molecule has 71 heavy (non-hydrogen) atoms. The van der Waals surface area contributed by atoms with Gasteiger partial charge in [-0.05, 0) is 70.6 Å². The van der Waals surface area contributed by atoms with Gasteiger partial charge in [-0.1, -0.05) is 287 Å². The molecule has 412 valence electrons. The maximum absolute atomic E-state index is 12.9. The molecule has 6 nitrogen and oxygen atoms in total. The lowest BCUT2D eigenvalue weighted by Gasteiger charge is -2.18. The molecule has 0 spiro atoms. The summed E-state index contributed by atoms with van der Waals surface area (Å²) in [6.07, 6.45) is 74.9. The summed E-state index contributed by atoms with van der Waals surface area (Å²) in [7, 11) is 0. The summed E-state index contributed by atoms with van der Waals surface area (Å²) >= 11 is 0. The molecular weight excluding hydrogens is 877 g/mol. The highest BCUT2D eigenvalue weighted by Gasteiger charge is 2.19. The molecule has 0 aliphatic rings. The summed E-state index contributed by atoms with van der Waals surface area (Å²) in [6, 6.07) is 0. The molecule has 0 aliphatic heterocycles. The maximum Gasteiger partial charge on any atom is 0.306 e. The number of esters is 3. The van der Waals surface area contributed by atoms with Crippen molar-refractivity contribution in [3.8, 4) is 0 Å². The molecule has 6 heteroatoms. The number of ether oxygens (including phenoxy) is 3. The first-order valence-corrected chi connectivity index (χ1v) is 30.8. The lowest BCUT2D eigenvalue weighted by Crippen LogP contribution is -2.30. The summed E-state index contributed by atoms with van der Waals surface area (Å²) in [5, 5.41) is 0. The van der Waals surface area contributed by atoms with Gasteiger partial charge in [-0.3, -0.25) is 14.4 Å². The lowest BCUT2D eigenvalue weighted by molar-refractivity contribution is -0.167. The van der Waals surface area contributed by atoms with Gasteiger partial charge in [0.1, 0.15) is 13.2 Å². The van der Waals surface area contributed by atoms with E-state index in [1.165, 1.54) is 193 Å². The number of hydrogen-bond acceptors (Lipinski definition) is 6. The summed E-state index contributed by atoms with van der Waals surface area (Å²) < 4.78 is 16.9. The molecule has 0 aromatic heterocycles. The Labute approximate surface area is 440 Å². The Morgan fingerprint density at radius 1 is 0.282 bits per heavy atom. The van der Waals surface area contributed by atoms with Crippen molar-refractivity contribution < 1.29 is 28.6 Å². The molecule has 0 saturated heterocycles. The predicted molar refractivity (Wildman–Crippen MR) is 307 cm³/mol. The molecule has 0 N–H and O–H groups in total. The van der Waals surface area contributed by atoms with Gasteiger partial charge in [-0.2, -0.15) is 0 Å². The fourth-order valence-corrected chi connectivity index (χ4v) is 8.92. The van der Waals surface area contributed by atoms with Crippen molar-refractivity contribution in [1.29, 1.82) is 0 Å². The van der Waals surface area contributed by atoms with Crippen LogP contribution >= 0.6 is 0 Å². The van der Waals surface area contributed by atoms with Crippen molar-refractivity contribution in [3.05, 3.63) is 60.8 Å². The second kappa shape index (κ2) is 59.7. The van der Waals surface area contributed by atoms with Crippen LogP contribution in [0.25, 0.3) is 0 Å². The minimum absolute atomic E-state index is 0.0824. The van der Waals surface area contributed by atoms with Crippen LogP contribution < -0.4 is 0 Å². The van der Waals surface area contributed by atoms with Crippen molar-refractivity contribution >= 4 is 17.9 Å². The smallest absolute Gasteiger partial charge is 0.306 e. The number of allylic oxidation sites excluding steroid dienone is 10. The zero-order chi connectivity index (χ0) is 51.4. The first-order valence-electron chi connectivity index (χ1n) is 30.8. The molecule has 1 unspecified atom stereocenters. The quantitative estimate of drug-likeness (QED) is 0.0199. The fourth-order valence-electron chi connectivity index (χ4n) is 8.92. The fraction of sp³-hybridized carbons (Fsp3) is 0.800. The van der Waals surface area contributed by atoms with Crippen LogP contribution in [0.15, 0.2) is 60.8 Å². The van der Waals surface area contributed by atoms with E-state index in [9.17, 15) is 14.4 Å². The second-order valence-electron chi connectivity index (χ2n) is 20.7. The van der Waals surface area contributed by atoms with Crippen LogP contribution in [-0.4, -0.2) is 37.2 Å².